The van der Waals surface area contributed by atoms with Crippen LogP contribution in [0.3, 0.4) is 0 Å². The van der Waals surface area contributed by atoms with E-state index in [9.17, 15) is 4.79 Å². The second kappa shape index (κ2) is 5.41. The predicted octanol–water partition coefficient (Wildman–Crippen LogP) is 2.93. The molecule has 0 atom stereocenters. The molecule has 0 N–H and O–H groups in total. The largest absolute Gasteiger partial charge is 0.465 e. The maximum atomic E-state index is 11.4. The third-order valence-corrected chi connectivity index (χ3v) is 2.56. The van der Waals surface area contributed by atoms with Crippen molar-refractivity contribution in [3.8, 4) is 5.75 Å². The van der Waals surface area contributed by atoms with Crippen LogP contribution in [0.4, 0.5) is 0 Å². The summed E-state index contributed by atoms with van der Waals surface area (Å²) in [6.07, 6.45) is 1.31. The molecule has 14 heavy (non-hydrogen) atoms. The highest BCUT2D eigenvalue weighted by molar-refractivity contribution is 14.1. The molecule has 0 saturated heterocycles. The average molecular weight is 320 g/mol. The van der Waals surface area contributed by atoms with E-state index < -0.39 is 0 Å². The topological polar surface area (TPSA) is 26.3 Å². The number of thiol groups is 1. The summed E-state index contributed by atoms with van der Waals surface area (Å²) < 4.78 is 6.15. The van der Waals surface area contributed by atoms with Crippen LogP contribution in [0.15, 0.2) is 31.0 Å². The van der Waals surface area contributed by atoms with Gasteiger partial charge in [0.1, 0.15) is 5.75 Å². The molecule has 0 aliphatic heterocycles. The summed E-state index contributed by atoms with van der Waals surface area (Å²) in [6.45, 7) is 3.46. The average Bonchev–Trinajstić information content (AvgIpc) is 2.17. The summed E-state index contributed by atoms with van der Waals surface area (Å²) in [6, 6.07) is 5.38. The lowest BCUT2D eigenvalue weighted by atomic mass is 10.1. The van der Waals surface area contributed by atoms with Crippen LogP contribution in [0.2, 0.25) is 0 Å². The summed E-state index contributed by atoms with van der Waals surface area (Å²) in [4.78, 5) is 11.4. The van der Waals surface area contributed by atoms with E-state index in [0.29, 0.717) is 11.3 Å². The first-order valence-corrected chi connectivity index (χ1v) is 5.61. The van der Waals surface area contributed by atoms with Crippen molar-refractivity contribution in [1.29, 1.82) is 0 Å². The molecule has 1 aromatic rings. The van der Waals surface area contributed by atoms with Crippen LogP contribution in [-0.2, 0) is 0 Å². The van der Waals surface area contributed by atoms with Crippen LogP contribution in [0.25, 0.3) is 0 Å². The molecule has 0 amide bonds. The summed E-state index contributed by atoms with van der Waals surface area (Å²) >= 11 is 6.09. The molecule has 0 fully saturated rings. The Hall–Kier alpha value is -0.490. The Bertz CT molecular complexity index is 363. The van der Waals surface area contributed by atoms with Gasteiger partial charge in [0, 0.05) is 3.57 Å². The van der Waals surface area contributed by atoms with Gasteiger partial charge in [-0.1, -0.05) is 6.58 Å². The third-order valence-electron chi connectivity index (χ3n) is 1.60. The van der Waals surface area contributed by atoms with Crippen LogP contribution in [0.1, 0.15) is 10.4 Å². The molecule has 0 aliphatic carbocycles. The Morgan fingerprint density at radius 3 is 2.93 bits per heavy atom. The molecule has 2 nitrogen and oxygen atoms in total. The molecular weight excluding hydrogens is 311 g/mol. The lowest BCUT2D eigenvalue weighted by Crippen LogP contribution is -2.03. The van der Waals surface area contributed by atoms with Crippen molar-refractivity contribution in [2.75, 3.05) is 5.75 Å². The molecule has 0 aromatic heterocycles. The first kappa shape index (κ1) is 11.6. The van der Waals surface area contributed by atoms with E-state index in [0.717, 1.165) is 3.57 Å². The number of carbonyl (C=O) groups is 1. The van der Waals surface area contributed by atoms with Crippen molar-refractivity contribution in [3.05, 3.63) is 40.2 Å². The van der Waals surface area contributed by atoms with Gasteiger partial charge in [-0.2, -0.15) is 12.6 Å². The number of Topliss-reactive ketones (excluding diaryl/α,β-unsaturated/α-hetero) is 1. The number of hydrogen-bond acceptors (Lipinski definition) is 3. The van der Waals surface area contributed by atoms with Crippen molar-refractivity contribution < 1.29 is 9.53 Å². The zero-order chi connectivity index (χ0) is 10.6. The molecule has 0 spiro atoms. The Balaban J connectivity index is 3.13. The van der Waals surface area contributed by atoms with Crippen LogP contribution in [0, 0.1) is 3.57 Å². The molecule has 1 aromatic carbocycles. The van der Waals surface area contributed by atoms with E-state index in [1.54, 1.807) is 12.1 Å². The number of ketones is 1. The van der Waals surface area contributed by atoms with Gasteiger partial charge in [-0.25, -0.2) is 0 Å². The van der Waals surface area contributed by atoms with E-state index in [1.165, 1.54) is 6.26 Å². The summed E-state index contributed by atoms with van der Waals surface area (Å²) in [5, 5.41) is 0. The molecule has 4 heteroatoms. The van der Waals surface area contributed by atoms with Crippen LogP contribution in [0.5, 0.6) is 5.75 Å². The molecule has 1 rings (SSSR count). The molecule has 0 radical (unpaired) electrons. The number of ether oxygens (including phenoxy) is 1. The van der Waals surface area contributed by atoms with Crippen LogP contribution in [-0.4, -0.2) is 11.5 Å². The fraction of sp³-hybridized carbons (Fsp3) is 0.100. The van der Waals surface area contributed by atoms with Crippen LogP contribution >= 0.6 is 35.2 Å². The molecule has 0 heterocycles. The maximum Gasteiger partial charge on any atom is 0.176 e. The fourth-order valence-electron chi connectivity index (χ4n) is 0.999. The zero-order valence-electron chi connectivity index (χ0n) is 7.37. The molecule has 74 valence electrons. The van der Waals surface area contributed by atoms with Crippen LogP contribution < -0.4 is 4.74 Å². The minimum absolute atomic E-state index is 0.0541. The van der Waals surface area contributed by atoms with Gasteiger partial charge in [0.25, 0.3) is 0 Å². The van der Waals surface area contributed by atoms with E-state index in [4.69, 9.17) is 4.74 Å². The monoisotopic (exact) mass is 320 g/mol. The van der Waals surface area contributed by atoms with E-state index in [1.807, 2.05) is 6.07 Å². The van der Waals surface area contributed by atoms with Crippen molar-refractivity contribution in [3.63, 3.8) is 0 Å². The summed E-state index contributed by atoms with van der Waals surface area (Å²) in [7, 11) is 0. The Kier molecular flexibility index (Phi) is 4.47. The lowest BCUT2D eigenvalue weighted by Gasteiger charge is -2.06. The molecule has 0 saturated carbocycles. The summed E-state index contributed by atoms with van der Waals surface area (Å²) in [5.41, 5.74) is 0.542. The predicted molar refractivity (Wildman–Crippen MR) is 68.2 cm³/mol. The highest BCUT2D eigenvalue weighted by Gasteiger charge is 2.10. The second-order valence-corrected chi connectivity index (χ2v) is 4.07. The van der Waals surface area contributed by atoms with Gasteiger partial charge in [0.2, 0.25) is 0 Å². The lowest BCUT2D eigenvalue weighted by molar-refractivity contribution is 0.102. The highest BCUT2D eigenvalue weighted by atomic mass is 127. The SMILES string of the molecule is C=COc1cc(I)ccc1C(=O)CS. The quantitative estimate of drug-likeness (QED) is 0.400. The van der Waals surface area contributed by atoms with Crippen molar-refractivity contribution in [2.24, 2.45) is 0 Å². The Labute approximate surface area is 102 Å². The first-order valence-electron chi connectivity index (χ1n) is 3.90. The van der Waals surface area contributed by atoms with Crippen molar-refractivity contribution in [2.45, 2.75) is 0 Å². The van der Waals surface area contributed by atoms with Gasteiger partial charge in [0.05, 0.1) is 17.6 Å². The standard InChI is InChI=1S/C10H9IO2S/c1-2-13-10-5-7(11)3-4-8(10)9(12)6-14/h2-5,14H,1,6H2. The number of rotatable bonds is 4. The van der Waals surface area contributed by atoms with E-state index in [2.05, 4.69) is 41.8 Å². The van der Waals surface area contributed by atoms with Gasteiger partial charge in [0.15, 0.2) is 5.78 Å². The van der Waals surface area contributed by atoms with Crippen molar-refractivity contribution in [1.82, 2.24) is 0 Å². The minimum Gasteiger partial charge on any atom is -0.465 e. The zero-order valence-corrected chi connectivity index (χ0v) is 10.4. The Morgan fingerprint density at radius 2 is 2.36 bits per heavy atom. The number of halogens is 1. The van der Waals surface area contributed by atoms with Crippen molar-refractivity contribution >= 4 is 41.0 Å². The third kappa shape index (κ3) is 2.75. The summed E-state index contributed by atoms with van der Waals surface area (Å²) in [5.74, 6) is 0.654. The second-order valence-electron chi connectivity index (χ2n) is 2.51. The highest BCUT2D eigenvalue weighted by Crippen LogP contribution is 2.22. The minimum atomic E-state index is -0.0541. The van der Waals surface area contributed by atoms with Gasteiger partial charge < -0.3 is 4.74 Å². The number of carbonyl (C=O) groups excluding carboxylic acids is 1. The maximum absolute atomic E-state index is 11.4. The number of benzene rings is 1. The number of hydrogen-bond donors (Lipinski definition) is 1. The molecular formula is C10H9IO2S. The fourth-order valence-corrected chi connectivity index (χ4v) is 1.63. The van der Waals surface area contributed by atoms with Gasteiger partial charge in [-0.05, 0) is 40.8 Å². The Morgan fingerprint density at radius 1 is 1.64 bits per heavy atom. The van der Waals surface area contributed by atoms with Gasteiger partial charge in [-0.3, -0.25) is 4.79 Å². The smallest absolute Gasteiger partial charge is 0.176 e. The molecule has 0 bridgehead atoms. The normalized spacial score (nSPS) is 9.57. The van der Waals surface area contributed by atoms with Gasteiger partial charge >= 0.3 is 0 Å². The van der Waals surface area contributed by atoms with Gasteiger partial charge in [-0.15, -0.1) is 0 Å². The first-order chi connectivity index (χ1) is 6.69. The molecule has 0 unspecified atom stereocenters. The van der Waals surface area contributed by atoms with E-state index in [-0.39, 0.29) is 11.5 Å². The molecule has 0 aliphatic rings. The van der Waals surface area contributed by atoms with E-state index >= 15 is 0 Å².